The number of aromatic nitrogens is 1. The summed E-state index contributed by atoms with van der Waals surface area (Å²) in [7, 11) is 1.64. The summed E-state index contributed by atoms with van der Waals surface area (Å²) < 4.78 is 12.9. The summed E-state index contributed by atoms with van der Waals surface area (Å²) in [5.74, 6) is 1.25. The van der Waals surface area contributed by atoms with Crippen LogP contribution in [0.25, 0.3) is 16.6 Å². The fourth-order valence-corrected chi connectivity index (χ4v) is 2.89. The molecule has 0 amide bonds. The molecule has 122 valence electrons. The minimum Gasteiger partial charge on any atom is -0.497 e. The molecule has 4 nitrogen and oxygen atoms in total. The quantitative estimate of drug-likeness (QED) is 0.660. The van der Waals surface area contributed by atoms with Crippen molar-refractivity contribution in [1.82, 2.24) is 4.57 Å². The van der Waals surface area contributed by atoms with E-state index < -0.39 is 0 Å². The number of fused-ring (bicyclic) bond motifs is 1. The summed E-state index contributed by atoms with van der Waals surface area (Å²) in [5, 5.41) is 10.9. The number of methoxy groups -OCH3 is 1. The zero-order valence-corrected chi connectivity index (χ0v) is 14.3. The van der Waals surface area contributed by atoms with Gasteiger partial charge in [-0.1, -0.05) is 18.5 Å². The third-order valence-corrected chi connectivity index (χ3v) is 4.06. The second kappa shape index (κ2) is 6.86. The third-order valence-electron chi connectivity index (χ3n) is 3.77. The van der Waals surface area contributed by atoms with Crippen LogP contribution >= 0.6 is 11.6 Å². The summed E-state index contributed by atoms with van der Waals surface area (Å²) in [4.78, 5) is 0. The van der Waals surface area contributed by atoms with Crippen molar-refractivity contribution in [3.8, 4) is 23.3 Å². The molecule has 0 aliphatic carbocycles. The number of ether oxygens (including phenoxy) is 2. The maximum absolute atomic E-state index is 9.43. The van der Waals surface area contributed by atoms with Gasteiger partial charge in [-0.15, -0.1) is 0 Å². The Labute approximate surface area is 145 Å². The zero-order chi connectivity index (χ0) is 17.1. The minimum atomic E-state index is 0.432. The number of hydrogen-bond acceptors (Lipinski definition) is 3. The highest BCUT2D eigenvalue weighted by Gasteiger charge is 2.13. The van der Waals surface area contributed by atoms with Crippen LogP contribution in [0.1, 0.15) is 18.9 Å². The fourth-order valence-electron chi connectivity index (χ4n) is 2.62. The fraction of sp³-hybridized carbons (Fsp3) is 0.211. The van der Waals surface area contributed by atoms with Crippen LogP contribution in [-0.4, -0.2) is 18.3 Å². The van der Waals surface area contributed by atoms with Gasteiger partial charge in [0.1, 0.15) is 11.8 Å². The van der Waals surface area contributed by atoms with E-state index in [2.05, 4.69) is 6.07 Å². The molecule has 0 atom stereocenters. The Balaban J connectivity index is 2.10. The van der Waals surface area contributed by atoms with E-state index in [0.717, 1.165) is 28.8 Å². The van der Waals surface area contributed by atoms with Crippen LogP contribution in [0.2, 0.25) is 5.02 Å². The Kier molecular flexibility index (Phi) is 4.64. The van der Waals surface area contributed by atoms with Crippen LogP contribution < -0.4 is 9.47 Å². The SMILES string of the molecule is CCCOc1c(Cl)cc(-n2ccc3cc(OC)ccc32)cc1C#N. The van der Waals surface area contributed by atoms with E-state index in [-0.39, 0.29) is 0 Å². The highest BCUT2D eigenvalue weighted by Crippen LogP contribution is 2.33. The number of rotatable bonds is 5. The number of halogens is 1. The summed E-state index contributed by atoms with van der Waals surface area (Å²) in [6.45, 7) is 2.54. The molecule has 0 bridgehead atoms. The van der Waals surface area contributed by atoms with Gasteiger partial charge in [-0.3, -0.25) is 0 Å². The maximum atomic E-state index is 9.43. The zero-order valence-electron chi connectivity index (χ0n) is 13.5. The molecule has 2 aromatic carbocycles. The largest absolute Gasteiger partial charge is 0.497 e. The second-order valence-corrected chi connectivity index (χ2v) is 5.78. The van der Waals surface area contributed by atoms with Gasteiger partial charge in [0, 0.05) is 17.3 Å². The predicted molar refractivity (Wildman–Crippen MR) is 95.3 cm³/mol. The van der Waals surface area contributed by atoms with Gasteiger partial charge >= 0.3 is 0 Å². The molecule has 0 radical (unpaired) electrons. The van der Waals surface area contributed by atoms with Crippen molar-refractivity contribution >= 4 is 22.5 Å². The molecule has 0 aliphatic heterocycles. The van der Waals surface area contributed by atoms with Gasteiger partial charge in [-0.2, -0.15) is 5.26 Å². The first-order valence-electron chi connectivity index (χ1n) is 7.70. The first kappa shape index (κ1) is 16.2. The van der Waals surface area contributed by atoms with Crippen molar-refractivity contribution in [1.29, 1.82) is 5.26 Å². The molecule has 3 rings (SSSR count). The van der Waals surface area contributed by atoms with E-state index in [4.69, 9.17) is 21.1 Å². The standard InChI is InChI=1S/C19H17ClN2O2/c1-3-8-24-19-14(12-21)9-15(11-17(19)20)22-7-6-13-10-16(23-2)4-5-18(13)22/h4-7,9-11H,3,8H2,1-2H3. The van der Waals surface area contributed by atoms with Crippen LogP contribution in [0.15, 0.2) is 42.6 Å². The van der Waals surface area contributed by atoms with Gasteiger partial charge in [-0.25, -0.2) is 0 Å². The number of nitriles is 1. The third kappa shape index (κ3) is 2.91. The Morgan fingerprint density at radius 2 is 2.04 bits per heavy atom. The van der Waals surface area contributed by atoms with Crippen molar-refractivity contribution < 1.29 is 9.47 Å². The molecule has 0 spiro atoms. The van der Waals surface area contributed by atoms with Gasteiger partial charge in [0.05, 0.1) is 29.8 Å². The van der Waals surface area contributed by atoms with Crippen LogP contribution in [-0.2, 0) is 0 Å². The van der Waals surface area contributed by atoms with Gasteiger partial charge in [-0.05, 0) is 42.8 Å². The van der Waals surface area contributed by atoms with Gasteiger partial charge < -0.3 is 14.0 Å². The first-order chi connectivity index (χ1) is 11.7. The molecular weight excluding hydrogens is 324 g/mol. The Bertz CT molecular complexity index is 925. The molecule has 3 aromatic rings. The molecule has 0 unspecified atom stereocenters. The van der Waals surface area contributed by atoms with Crippen molar-refractivity contribution in [2.24, 2.45) is 0 Å². The average molecular weight is 341 g/mol. The topological polar surface area (TPSA) is 47.2 Å². The van der Waals surface area contributed by atoms with E-state index in [1.165, 1.54) is 0 Å². The van der Waals surface area contributed by atoms with Crippen molar-refractivity contribution in [3.63, 3.8) is 0 Å². The van der Waals surface area contributed by atoms with Crippen LogP contribution in [0.3, 0.4) is 0 Å². The smallest absolute Gasteiger partial charge is 0.155 e. The van der Waals surface area contributed by atoms with Crippen LogP contribution in [0.5, 0.6) is 11.5 Å². The number of benzene rings is 2. The molecule has 1 heterocycles. The molecule has 1 aromatic heterocycles. The maximum Gasteiger partial charge on any atom is 0.155 e. The van der Waals surface area contributed by atoms with E-state index in [1.807, 2.05) is 48.0 Å². The van der Waals surface area contributed by atoms with Crippen LogP contribution in [0.4, 0.5) is 0 Å². The molecular formula is C19H17ClN2O2. The van der Waals surface area contributed by atoms with E-state index in [1.54, 1.807) is 13.2 Å². The van der Waals surface area contributed by atoms with Crippen molar-refractivity contribution in [3.05, 3.63) is 53.2 Å². The average Bonchev–Trinajstić information content (AvgIpc) is 3.03. The first-order valence-corrected chi connectivity index (χ1v) is 8.07. The normalized spacial score (nSPS) is 10.6. The number of nitrogens with zero attached hydrogens (tertiary/aromatic N) is 2. The summed E-state index contributed by atoms with van der Waals surface area (Å²) in [5.41, 5.74) is 2.26. The Morgan fingerprint density at radius 1 is 1.21 bits per heavy atom. The monoisotopic (exact) mass is 340 g/mol. The lowest BCUT2D eigenvalue weighted by Crippen LogP contribution is -2.00. The van der Waals surface area contributed by atoms with Crippen LogP contribution in [0, 0.1) is 11.3 Å². The molecule has 5 heteroatoms. The van der Waals surface area contributed by atoms with Gasteiger partial charge in [0.15, 0.2) is 5.75 Å². The molecule has 0 saturated heterocycles. The summed E-state index contributed by atoms with van der Waals surface area (Å²) >= 11 is 6.36. The highest BCUT2D eigenvalue weighted by atomic mass is 35.5. The molecule has 0 aliphatic rings. The van der Waals surface area contributed by atoms with Gasteiger partial charge in [0.2, 0.25) is 0 Å². The molecule has 0 N–H and O–H groups in total. The number of hydrogen-bond donors (Lipinski definition) is 0. The van der Waals surface area contributed by atoms with Crippen molar-refractivity contribution in [2.75, 3.05) is 13.7 Å². The lowest BCUT2D eigenvalue weighted by atomic mass is 10.2. The lowest BCUT2D eigenvalue weighted by molar-refractivity contribution is 0.316. The van der Waals surface area contributed by atoms with E-state index >= 15 is 0 Å². The summed E-state index contributed by atoms with van der Waals surface area (Å²) in [6.07, 6.45) is 2.80. The Hall–Kier alpha value is -2.64. The molecule has 0 saturated carbocycles. The minimum absolute atomic E-state index is 0.432. The van der Waals surface area contributed by atoms with Gasteiger partial charge in [0.25, 0.3) is 0 Å². The van der Waals surface area contributed by atoms with E-state index in [9.17, 15) is 5.26 Å². The second-order valence-electron chi connectivity index (χ2n) is 5.38. The molecule has 0 fully saturated rings. The van der Waals surface area contributed by atoms with E-state index in [0.29, 0.717) is 22.9 Å². The summed E-state index contributed by atoms with van der Waals surface area (Å²) in [6, 6.07) is 13.6. The molecule has 24 heavy (non-hydrogen) atoms. The van der Waals surface area contributed by atoms with Crippen molar-refractivity contribution in [2.45, 2.75) is 13.3 Å². The predicted octanol–water partition coefficient (Wildman–Crippen LogP) is 4.95. The highest BCUT2D eigenvalue weighted by molar-refractivity contribution is 6.32. The Morgan fingerprint density at radius 3 is 2.75 bits per heavy atom. The lowest BCUT2D eigenvalue weighted by Gasteiger charge is -2.12.